The van der Waals surface area contributed by atoms with Gasteiger partial charge in [-0.25, -0.2) is 0 Å². The summed E-state index contributed by atoms with van der Waals surface area (Å²) in [5.41, 5.74) is 5.70. The van der Waals surface area contributed by atoms with E-state index in [2.05, 4.69) is 15.9 Å². The lowest BCUT2D eigenvalue weighted by Crippen LogP contribution is -2.13. The minimum absolute atomic E-state index is 0.435. The maximum Gasteiger partial charge on any atom is 0.252 e. The molecule has 0 aromatic heterocycles. The average Bonchev–Trinajstić information content (AvgIpc) is 2.99. The monoisotopic (exact) mass is 269 g/mol. The molecule has 4 heteroatoms. The van der Waals surface area contributed by atoms with Crippen molar-refractivity contribution in [1.82, 2.24) is 0 Å². The number of benzene rings is 1. The van der Waals surface area contributed by atoms with Crippen LogP contribution in [0.5, 0.6) is 5.75 Å². The van der Waals surface area contributed by atoms with E-state index < -0.39 is 5.91 Å². The largest absolute Gasteiger partial charge is 0.492 e. The molecule has 0 radical (unpaired) electrons. The predicted molar refractivity (Wildman–Crippen MR) is 60.9 cm³/mol. The number of carbonyl (C=O) groups excluding carboxylic acids is 1. The van der Waals surface area contributed by atoms with Gasteiger partial charge in [-0.1, -0.05) is 15.9 Å². The van der Waals surface area contributed by atoms with Crippen molar-refractivity contribution in [2.45, 2.75) is 12.8 Å². The Morgan fingerprint density at radius 2 is 2.27 bits per heavy atom. The van der Waals surface area contributed by atoms with Gasteiger partial charge >= 0.3 is 0 Å². The average molecular weight is 270 g/mol. The highest BCUT2D eigenvalue weighted by atomic mass is 79.9. The second-order valence-corrected chi connectivity index (χ2v) is 4.67. The third kappa shape index (κ3) is 2.72. The van der Waals surface area contributed by atoms with E-state index in [-0.39, 0.29) is 0 Å². The second kappa shape index (κ2) is 4.23. The summed E-state index contributed by atoms with van der Waals surface area (Å²) >= 11 is 3.29. The van der Waals surface area contributed by atoms with Crippen LogP contribution >= 0.6 is 15.9 Å². The van der Waals surface area contributed by atoms with E-state index in [1.54, 1.807) is 12.1 Å². The fraction of sp³-hybridized carbons (Fsp3) is 0.364. The van der Waals surface area contributed by atoms with Crippen LogP contribution in [-0.4, -0.2) is 12.5 Å². The van der Waals surface area contributed by atoms with Gasteiger partial charge < -0.3 is 10.5 Å². The fourth-order valence-corrected chi connectivity index (χ4v) is 1.67. The van der Waals surface area contributed by atoms with Crippen LogP contribution in [0.25, 0.3) is 0 Å². The molecule has 3 nitrogen and oxygen atoms in total. The molecule has 0 spiro atoms. The summed E-state index contributed by atoms with van der Waals surface area (Å²) in [5, 5.41) is 0. The third-order valence-corrected chi connectivity index (χ3v) is 2.87. The van der Waals surface area contributed by atoms with Gasteiger partial charge in [0.1, 0.15) is 5.75 Å². The maximum atomic E-state index is 11.2. The SMILES string of the molecule is NC(=O)c1cc(Br)ccc1OCC1CC1. The van der Waals surface area contributed by atoms with E-state index in [0.29, 0.717) is 23.8 Å². The van der Waals surface area contributed by atoms with Crippen molar-refractivity contribution in [3.63, 3.8) is 0 Å². The van der Waals surface area contributed by atoms with Crippen molar-refractivity contribution in [3.8, 4) is 5.75 Å². The van der Waals surface area contributed by atoms with E-state index in [0.717, 1.165) is 4.47 Å². The van der Waals surface area contributed by atoms with Gasteiger partial charge in [0.2, 0.25) is 0 Å². The zero-order valence-electron chi connectivity index (χ0n) is 8.20. The summed E-state index contributed by atoms with van der Waals surface area (Å²) in [6.07, 6.45) is 2.45. The number of carbonyl (C=O) groups is 1. The van der Waals surface area contributed by atoms with Crippen molar-refractivity contribution in [3.05, 3.63) is 28.2 Å². The molecule has 0 bridgehead atoms. The molecule has 1 amide bonds. The first-order valence-corrected chi connectivity index (χ1v) is 5.68. The van der Waals surface area contributed by atoms with E-state index in [1.807, 2.05) is 6.07 Å². The Labute approximate surface area is 96.7 Å². The number of primary amides is 1. The van der Waals surface area contributed by atoms with Gasteiger partial charge in [-0.05, 0) is 37.0 Å². The smallest absolute Gasteiger partial charge is 0.252 e. The summed E-state index contributed by atoms with van der Waals surface area (Å²) in [4.78, 5) is 11.2. The highest BCUT2D eigenvalue weighted by molar-refractivity contribution is 9.10. The second-order valence-electron chi connectivity index (χ2n) is 3.76. The Bertz CT molecular complexity index is 388. The Morgan fingerprint density at radius 3 is 2.87 bits per heavy atom. The first-order chi connectivity index (χ1) is 7.16. The normalized spacial score (nSPS) is 15.0. The standard InChI is InChI=1S/C11H12BrNO2/c12-8-3-4-10(9(5-8)11(13)14)15-6-7-1-2-7/h3-5,7H,1-2,6H2,(H2,13,14). The lowest BCUT2D eigenvalue weighted by Gasteiger charge is -2.09. The number of rotatable bonds is 4. The first-order valence-electron chi connectivity index (χ1n) is 4.89. The molecule has 2 N–H and O–H groups in total. The number of hydrogen-bond donors (Lipinski definition) is 1. The molecule has 0 heterocycles. The molecule has 0 unspecified atom stereocenters. The quantitative estimate of drug-likeness (QED) is 0.912. The van der Waals surface area contributed by atoms with Crippen molar-refractivity contribution in [1.29, 1.82) is 0 Å². The molecule has 1 aliphatic rings. The molecule has 1 aromatic rings. The molecular formula is C11H12BrNO2. The molecule has 0 atom stereocenters. The minimum atomic E-state index is -0.456. The molecule has 2 rings (SSSR count). The molecule has 1 saturated carbocycles. The van der Waals surface area contributed by atoms with Crippen molar-refractivity contribution >= 4 is 21.8 Å². The molecule has 15 heavy (non-hydrogen) atoms. The topological polar surface area (TPSA) is 52.3 Å². The van der Waals surface area contributed by atoms with Crippen LogP contribution in [0, 0.1) is 5.92 Å². The van der Waals surface area contributed by atoms with Crippen LogP contribution in [0.1, 0.15) is 23.2 Å². The number of nitrogens with two attached hydrogens (primary N) is 1. The van der Waals surface area contributed by atoms with Crippen LogP contribution in [-0.2, 0) is 0 Å². The van der Waals surface area contributed by atoms with E-state index in [1.165, 1.54) is 12.8 Å². The van der Waals surface area contributed by atoms with Gasteiger partial charge in [-0.3, -0.25) is 4.79 Å². The highest BCUT2D eigenvalue weighted by Gasteiger charge is 2.22. The van der Waals surface area contributed by atoms with Crippen LogP contribution in [0.2, 0.25) is 0 Å². The van der Waals surface area contributed by atoms with Crippen LogP contribution in [0.4, 0.5) is 0 Å². The summed E-state index contributed by atoms with van der Waals surface area (Å²) < 4.78 is 6.38. The van der Waals surface area contributed by atoms with Crippen LogP contribution in [0.15, 0.2) is 22.7 Å². The Morgan fingerprint density at radius 1 is 1.53 bits per heavy atom. The maximum absolute atomic E-state index is 11.2. The van der Waals surface area contributed by atoms with E-state index >= 15 is 0 Å². The third-order valence-electron chi connectivity index (χ3n) is 2.38. The highest BCUT2D eigenvalue weighted by Crippen LogP contribution is 2.31. The van der Waals surface area contributed by atoms with E-state index in [4.69, 9.17) is 10.5 Å². The molecule has 1 aliphatic carbocycles. The Kier molecular flexibility index (Phi) is 2.95. The summed E-state index contributed by atoms with van der Waals surface area (Å²) in [7, 11) is 0. The van der Waals surface area contributed by atoms with Crippen LogP contribution in [0.3, 0.4) is 0 Å². The number of hydrogen-bond acceptors (Lipinski definition) is 2. The zero-order valence-corrected chi connectivity index (χ0v) is 9.79. The summed E-state index contributed by atoms with van der Waals surface area (Å²) in [6, 6.07) is 5.30. The molecular weight excluding hydrogens is 258 g/mol. The fourth-order valence-electron chi connectivity index (χ4n) is 1.31. The number of ether oxygens (including phenoxy) is 1. The Balaban J connectivity index is 2.15. The molecule has 1 aromatic carbocycles. The molecule has 1 fully saturated rings. The first kappa shape index (κ1) is 10.5. The minimum Gasteiger partial charge on any atom is -0.492 e. The summed E-state index contributed by atoms with van der Waals surface area (Å²) in [5.74, 6) is 0.786. The Hall–Kier alpha value is -1.03. The predicted octanol–water partition coefficient (Wildman–Crippen LogP) is 2.34. The van der Waals surface area contributed by atoms with Crippen molar-refractivity contribution in [2.75, 3.05) is 6.61 Å². The van der Waals surface area contributed by atoms with E-state index in [9.17, 15) is 4.79 Å². The van der Waals surface area contributed by atoms with Crippen LogP contribution < -0.4 is 10.5 Å². The van der Waals surface area contributed by atoms with Gasteiger partial charge in [0, 0.05) is 4.47 Å². The molecule has 0 saturated heterocycles. The zero-order chi connectivity index (χ0) is 10.8. The van der Waals surface area contributed by atoms with Crippen molar-refractivity contribution < 1.29 is 9.53 Å². The van der Waals surface area contributed by atoms with Gasteiger partial charge in [0.15, 0.2) is 0 Å². The lowest BCUT2D eigenvalue weighted by molar-refractivity contribution is 0.0996. The molecule has 80 valence electrons. The lowest BCUT2D eigenvalue weighted by atomic mass is 10.2. The summed E-state index contributed by atoms with van der Waals surface area (Å²) in [6.45, 7) is 0.682. The van der Waals surface area contributed by atoms with Gasteiger partial charge in [-0.15, -0.1) is 0 Å². The van der Waals surface area contributed by atoms with Gasteiger partial charge in [0.25, 0.3) is 5.91 Å². The molecule has 0 aliphatic heterocycles. The number of amides is 1. The van der Waals surface area contributed by atoms with Gasteiger partial charge in [-0.2, -0.15) is 0 Å². The van der Waals surface area contributed by atoms with Gasteiger partial charge in [0.05, 0.1) is 12.2 Å². The number of halogens is 1. The van der Waals surface area contributed by atoms with Crippen molar-refractivity contribution in [2.24, 2.45) is 11.7 Å².